The third-order valence-corrected chi connectivity index (χ3v) is 3.58. The van der Waals surface area contributed by atoms with Crippen molar-refractivity contribution in [1.29, 1.82) is 0 Å². The van der Waals surface area contributed by atoms with Crippen LogP contribution in [-0.4, -0.2) is 12.8 Å². The topological polar surface area (TPSA) is 21.6 Å². The Morgan fingerprint density at radius 2 is 1.95 bits per heavy atom. The summed E-state index contributed by atoms with van der Waals surface area (Å²) in [6.07, 6.45) is 1.87. The smallest absolute Gasteiger partial charge is 0.133 e. The van der Waals surface area contributed by atoms with Crippen LogP contribution in [0, 0.1) is 13.8 Å². The fourth-order valence-electron chi connectivity index (χ4n) is 1.96. The number of aliphatic imine (C=N–C) groups is 1. The molecule has 0 saturated heterocycles. The molecule has 2 rings (SSSR count). The van der Waals surface area contributed by atoms with Crippen LogP contribution in [0.1, 0.15) is 23.6 Å². The lowest BCUT2D eigenvalue weighted by atomic mass is 10.1. The number of rotatable bonds is 4. The minimum Gasteiger partial charge on any atom is -0.493 e. The van der Waals surface area contributed by atoms with Gasteiger partial charge in [-0.25, -0.2) is 0 Å². The van der Waals surface area contributed by atoms with Gasteiger partial charge in [0.1, 0.15) is 5.75 Å². The molecule has 0 aliphatic heterocycles. The molecule has 0 aliphatic carbocycles. The van der Waals surface area contributed by atoms with Crippen molar-refractivity contribution in [2.75, 3.05) is 6.61 Å². The second-order valence-corrected chi connectivity index (χ2v) is 5.53. The summed E-state index contributed by atoms with van der Waals surface area (Å²) >= 11 is 3.51. The largest absolute Gasteiger partial charge is 0.493 e. The summed E-state index contributed by atoms with van der Waals surface area (Å²) < 4.78 is 6.44. The Labute approximate surface area is 128 Å². The predicted octanol–water partition coefficient (Wildman–Crippen LogP) is 5.22. The van der Waals surface area contributed by atoms with Gasteiger partial charge in [0, 0.05) is 6.21 Å². The lowest BCUT2D eigenvalue weighted by molar-refractivity contribution is 0.338. The lowest BCUT2D eigenvalue weighted by Crippen LogP contribution is -1.93. The molecule has 0 fully saturated rings. The maximum absolute atomic E-state index is 5.50. The number of halogens is 1. The van der Waals surface area contributed by atoms with Crippen LogP contribution in [-0.2, 0) is 0 Å². The van der Waals surface area contributed by atoms with Gasteiger partial charge in [-0.3, -0.25) is 4.99 Å². The normalized spacial score (nSPS) is 11.0. The molecule has 0 amide bonds. The zero-order chi connectivity index (χ0) is 14.5. The van der Waals surface area contributed by atoms with Gasteiger partial charge in [0.2, 0.25) is 0 Å². The van der Waals surface area contributed by atoms with Crippen LogP contribution < -0.4 is 4.74 Å². The van der Waals surface area contributed by atoms with Crippen molar-refractivity contribution in [2.45, 2.75) is 20.8 Å². The maximum Gasteiger partial charge on any atom is 0.133 e. The van der Waals surface area contributed by atoms with Gasteiger partial charge in [-0.1, -0.05) is 17.7 Å². The average Bonchev–Trinajstić information content (AvgIpc) is 2.41. The first-order valence-electron chi connectivity index (χ1n) is 6.64. The zero-order valence-electron chi connectivity index (χ0n) is 12.0. The summed E-state index contributed by atoms with van der Waals surface area (Å²) in [5, 5.41) is 0. The van der Waals surface area contributed by atoms with E-state index in [1.807, 2.05) is 37.4 Å². The molecule has 0 bridgehead atoms. The monoisotopic (exact) mass is 331 g/mol. The van der Waals surface area contributed by atoms with Crippen molar-refractivity contribution in [2.24, 2.45) is 4.99 Å². The lowest BCUT2D eigenvalue weighted by Gasteiger charge is -2.06. The molecule has 2 aromatic rings. The molecule has 0 spiro atoms. The minimum absolute atomic E-state index is 0.661. The molecule has 0 saturated carbocycles. The average molecular weight is 332 g/mol. The van der Waals surface area contributed by atoms with Gasteiger partial charge in [0.25, 0.3) is 0 Å². The van der Waals surface area contributed by atoms with E-state index in [2.05, 4.69) is 46.9 Å². The van der Waals surface area contributed by atoms with Crippen molar-refractivity contribution in [1.82, 2.24) is 0 Å². The molecular formula is C17H18BrNO. The Morgan fingerprint density at radius 1 is 1.15 bits per heavy atom. The molecule has 0 radical (unpaired) electrons. The fourth-order valence-corrected chi connectivity index (χ4v) is 2.48. The Balaban J connectivity index is 2.21. The van der Waals surface area contributed by atoms with E-state index in [0.29, 0.717) is 6.61 Å². The van der Waals surface area contributed by atoms with E-state index < -0.39 is 0 Å². The highest BCUT2D eigenvalue weighted by molar-refractivity contribution is 9.10. The fraction of sp³-hybridized carbons (Fsp3) is 0.235. The van der Waals surface area contributed by atoms with Crippen molar-refractivity contribution < 1.29 is 4.74 Å². The Morgan fingerprint density at radius 3 is 2.60 bits per heavy atom. The van der Waals surface area contributed by atoms with Crippen LogP contribution in [0.25, 0.3) is 0 Å². The first kappa shape index (κ1) is 14.8. The second kappa shape index (κ2) is 6.71. The van der Waals surface area contributed by atoms with Crippen molar-refractivity contribution in [3.8, 4) is 5.75 Å². The summed E-state index contributed by atoms with van der Waals surface area (Å²) in [4.78, 5) is 4.55. The molecule has 0 aromatic heterocycles. The van der Waals surface area contributed by atoms with Crippen LogP contribution >= 0.6 is 15.9 Å². The number of hydrogen-bond acceptors (Lipinski definition) is 2. The third-order valence-electron chi connectivity index (χ3n) is 2.96. The van der Waals surface area contributed by atoms with Crippen LogP contribution in [0.5, 0.6) is 5.75 Å². The van der Waals surface area contributed by atoms with Crippen LogP contribution in [0.2, 0.25) is 0 Å². The Kier molecular flexibility index (Phi) is 4.96. The maximum atomic E-state index is 5.50. The van der Waals surface area contributed by atoms with Gasteiger partial charge in [0.15, 0.2) is 0 Å². The summed E-state index contributed by atoms with van der Waals surface area (Å²) in [6.45, 7) is 6.80. The quantitative estimate of drug-likeness (QED) is 0.704. The number of benzene rings is 2. The second-order valence-electron chi connectivity index (χ2n) is 4.67. The van der Waals surface area contributed by atoms with Crippen molar-refractivity contribution >= 4 is 27.8 Å². The van der Waals surface area contributed by atoms with Crippen LogP contribution in [0.15, 0.2) is 45.9 Å². The molecule has 0 atom stereocenters. The van der Waals surface area contributed by atoms with Gasteiger partial charge in [0.05, 0.1) is 16.8 Å². The Hall–Kier alpha value is -1.61. The Bertz CT molecular complexity index is 635. The molecule has 2 nitrogen and oxygen atoms in total. The van der Waals surface area contributed by atoms with Gasteiger partial charge < -0.3 is 4.74 Å². The van der Waals surface area contributed by atoms with Crippen molar-refractivity contribution in [3.63, 3.8) is 0 Å². The predicted molar refractivity (Wildman–Crippen MR) is 88.5 cm³/mol. The van der Waals surface area contributed by atoms with E-state index in [4.69, 9.17) is 4.74 Å². The highest BCUT2D eigenvalue weighted by Crippen LogP contribution is 2.26. The van der Waals surface area contributed by atoms with E-state index in [-0.39, 0.29) is 0 Å². The van der Waals surface area contributed by atoms with Gasteiger partial charge >= 0.3 is 0 Å². The van der Waals surface area contributed by atoms with Gasteiger partial charge in [-0.2, -0.15) is 0 Å². The number of aryl methyl sites for hydroxylation is 2. The molecule has 0 N–H and O–H groups in total. The van der Waals surface area contributed by atoms with E-state index in [9.17, 15) is 0 Å². The number of hydrogen-bond donors (Lipinski definition) is 0. The highest BCUT2D eigenvalue weighted by Gasteiger charge is 2.01. The SMILES string of the molecule is CCOc1ccc(C=Nc2ccc(C)cc2C)cc1Br. The number of nitrogens with zero attached hydrogens (tertiary/aromatic N) is 1. The molecule has 0 unspecified atom stereocenters. The molecule has 0 heterocycles. The van der Waals surface area contributed by atoms with Gasteiger partial charge in [-0.05, 0) is 72.1 Å². The molecule has 0 aliphatic rings. The molecule has 2 aromatic carbocycles. The zero-order valence-corrected chi connectivity index (χ0v) is 13.6. The highest BCUT2D eigenvalue weighted by atomic mass is 79.9. The van der Waals surface area contributed by atoms with Crippen LogP contribution in [0.4, 0.5) is 5.69 Å². The standard InChI is InChI=1S/C17H18BrNO/c1-4-20-17-8-6-14(10-15(17)18)11-19-16-7-5-12(2)9-13(16)3/h5-11H,4H2,1-3H3. The van der Waals surface area contributed by atoms with E-state index in [1.54, 1.807) is 0 Å². The van der Waals surface area contributed by atoms with Crippen LogP contribution in [0.3, 0.4) is 0 Å². The van der Waals surface area contributed by atoms with E-state index in [1.165, 1.54) is 11.1 Å². The summed E-state index contributed by atoms with van der Waals surface area (Å²) in [7, 11) is 0. The van der Waals surface area contributed by atoms with Crippen molar-refractivity contribution in [3.05, 3.63) is 57.6 Å². The first-order chi connectivity index (χ1) is 9.60. The first-order valence-corrected chi connectivity index (χ1v) is 7.43. The number of ether oxygens (including phenoxy) is 1. The van der Waals surface area contributed by atoms with E-state index in [0.717, 1.165) is 21.5 Å². The molecule has 104 valence electrons. The minimum atomic E-state index is 0.661. The van der Waals surface area contributed by atoms with Gasteiger partial charge in [-0.15, -0.1) is 0 Å². The summed E-state index contributed by atoms with van der Waals surface area (Å²) in [6, 6.07) is 12.2. The molecule has 3 heteroatoms. The summed E-state index contributed by atoms with van der Waals surface area (Å²) in [5.74, 6) is 0.858. The molecular weight excluding hydrogens is 314 g/mol. The third kappa shape index (κ3) is 3.70. The molecule has 20 heavy (non-hydrogen) atoms. The van der Waals surface area contributed by atoms with E-state index >= 15 is 0 Å². The summed E-state index contributed by atoms with van der Waals surface area (Å²) in [5.41, 5.74) is 4.48.